The van der Waals surface area contributed by atoms with Crippen molar-refractivity contribution in [3.63, 3.8) is 0 Å². The zero-order valence-electron chi connectivity index (χ0n) is 10.2. The van der Waals surface area contributed by atoms with Crippen LogP contribution in [0, 0.1) is 0 Å². The molecule has 0 aliphatic carbocycles. The molecular weight excluding hydrogens is 222 g/mol. The molecule has 1 aromatic carbocycles. The van der Waals surface area contributed by atoms with Gasteiger partial charge < -0.3 is 14.3 Å². The van der Waals surface area contributed by atoms with Gasteiger partial charge in [0.25, 0.3) is 0 Å². The van der Waals surface area contributed by atoms with Gasteiger partial charge in [0.15, 0.2) is 0 Å². The van der Waals surface area contributed by atoms with Gasteiger partial charge in [0, 0.05) is 5.56 Å². The van der Waals surface area contributed by atoms with Crippen molar-refractivity contribution in [3.05, 3.63) is 29.8 Å². The summed E-state index contributed by atoms with van der Waals surface area (Å²) in [6.45, 7) is 1.71. The van der Waals surface area contributed by atoms with Crippen LogP contribution < -0.4 is 10.6 Å². The number of methoxy groups -OCH3 is 2. The normalized spacial score (nSPS) is 13.9. The molecule has 1 aromatic rings. The average molecular weight is 239 g/mol. The van der Waals surface area contributed by atoms with Crippen LogP contribution in [0.3, 0.4) is 0 Å². The molecule has 0 spiro atoms. The Morgan fingerprint density at radius 3 is 2.53 bits per heavy atom. The van der Waals surface area contributed by atoms with Crippen molar-refractivity contribution in [2.45, 2.75) is 12.3 Å². The molecule has 0 bridgehead atoms. The molecule has 0 aliphatic rings. The summed E-state index contributed by atoms with van der Waals surface area (Å²) in [5.41, 5.74) is -0.310. The van der Waals surface area contributed by atoms with Crippen LogP contribution in [0.15, 0.2) is 24.3 Å². The molecular formula is C12H17NO4. The molecule has 94 valence electrons. The zero-order valence-corrected chi connectivity index (χ0v) is 10.2. The molecule has 0 radical (unpaired) electrons. The van der Waals surface area contributed by atoms with Crippen molar-refractivity contribution < 1.29 is 19.1 Å². The minimum absolute atomic E-state index is 0.0139. The minimum atomic E-state index is -0.990. The van der Waals surface area contributed by atoms with E-state index in [1.807, 2.05) is 12.1 Å². The van der Waals surface area contributed by atoms with Crippen LogP contribution in [-0.4, -0.2) is 26.8 Å². The average Bonchev–Trinajstić information content (AvgIpc) is 2.37. The standard InChI is InChI=1S/C12H17NO4/c1-12(8-17-13,11(14)16-3)9-6-4-5-7-10(9)15-2/h4-7H,8,13H2,1-3H3. The molecule has 2 N–H and O–H groups in total. The SMILES string of the molecule is COC(=O)C(C)(CON)c1ccccc1OC. The van der Waals surface area contributed by atoms with E-state index >= 15 is 0 Å². The Balaban J connectivity index is 3.26. The Morgan fingerprint density at radius 1 is 1.35 bits per heavy atom. The van der Waals surface area contributed by atoms with Gasteiger partial charge in [-0.2, -0.15) is 0 Å². The highest BCUT2D eigenvalue weighted by Crippen LogP contribution is 2.32. The number of benzene rings is 1. The van der Waals surface area contributed by atoms with Crippen LogP contribution in [0.4, 0.5) is 0 Å². The first-order valence-corrected chi connectivity index (χ1v) is 5.13. The lowest BCUT2D eigenvalue weighted by Gasteiger charge is -2.27. The van der Waals surface area contributed by atoms with Gasteiger partial charge in [-0.05, 0) is 13.0 Å². The lowest BCUT2D eigenvalue weighted by atomic mass is 9.82. The number of para-hydroxylation sites is 1. The molecule has 1 atom stereocenters. The van der Waals surface area contributed by atoms with E-state index in [0.29, 0.717) is 11.3 Å². The summed E-state index contributed by atoms with van der Waals surface area (Å²) in [7, 11) is 2.87. The van der Waals surface area contributed by atoms with Crippen molar-refractivity contribution in [2.24, 2.45) is 5.90 Å². The molecule has 1 unspecified atom stereocenters. The van der Waals surface area contributed by atoms with E-state index < -0.39 is 11.4 Å². The Bertz CT molecular complexity index is 394. The van der Waals surface area contributed by atoms with Gasteiger partial charge in [-0.3, -0.25) is 4.79 Å². The third-order valence-corrected chi connectivity index (χ3v) is 2.71. The molecule has 0 saturated carbocycles. The number of esters is 1. The van der Waals surface area contributed by atoms with Gasteiger partial charge in [0.05, 0.1) is 20.8 Å². The third kappa shape index (κ3) is 2.57. The number of hydrogen-bond acceptors (Lipinski definition) is 5. The number of rotatable bonds is 5. The van der Waals surface area contributed by atoms with Crippen molar-refractivity contribution in [2.75, 3.05) is 20.8 Å². The summed E-state index contributed by atoms with van der Waals surface area (Å²) in [5.74, 6) is 5.26. The monoisotopic (exact) mass is 239 g/mol. The van der Waals surface area contributed by atoms with E-state index in [1.165, 1.54) is 7.11 Å². The van der Waals surface area contributed by atoms with Crippen LogP contribution in [0.5, 0.6) is 5.75 Å². The van der Waals surface area contributed by atoms with E-state index in [1.54, 1.807) is 26.2 Å². The molecule has 0 aliphatic heterocycles. The van der Waals surface area contributed by atoms with Gasteiger partial charge in [-0.25, -0.2) is 5.90 Å². The molecule has 0 aromatic heterocycles. The molecule has 0 saturated heterocycles. The Morgan fingerprint density at radius 2 is 2.00 bits per heavy atom. The maximum absolute atomic E-state index is 11.9. The van der Waals surface area contributed by atoms with Gasteiger partial charge in [-0.1, -0.05) is 18.2 Å². The summed E-state index contributed by atoms with van der Waals surface area (Å²) < 4.78 is 10.0. The third-order valence-electron chi connectivity index (χ3n) is 2.71. The van der Waals surface area contributed by atoms with E-state index in [2.05, 4.69) is 4.84 Å². The first-order chi connectivity index (χ1) is 8.10. The maximum Gasteiger partial charge on any atom is 0.318 e. The quantitative estimate of drug-likeness (QED) is 0.613. The van der Waals surface area contributed by atoms with Gasteiger partial charge in [0.2, 0.25) is 0 Å². The van der Waals surface area contributed by atoms with Crippen molar-refractivity contribution in [1.29, 1.82) is 0 Å². The topological polar surface area (TPSA) is 70.8 Å². The maximum atomic E-state index is 11.9. The van der Waals surface area contributed by atoms with Crippen molar-refractivity contribution in [1.82, 2.24) is 0 Å². The van der Waals surface area contributed by atoms with Crippen molar-refractivity contribution in [3.8, 4) is 5.75 Å². The van der Waals surface area contributed by atoms with Crippen LogP contribution >= 0.6 is 0 Å². The number of nitrogens with two attached hydrogens (primary N) is 1. The highest BCUT2D eigenvalue weighted by atomic mass is 16.6. The minimum Gasteiger partial charge on any atom is -0.496 e. The molecule has 17 heavy (non-hydrogen) atoms. The first-order valence-electron chi connectivity index (χ1n) is 5.13. The molecule has 5 heteroatoms. The number of hydrogen-bond donors (Lipinski definition) is 1. The smallest absolute Gasteiger partial charge is 0.318 e. The second-order valence-corrected chi connectivity index (χ2v) is 3.83. The largest absolute Gasteiger partial charge is 0.496 e. The van der Waals surface area contributed by atoms with Crippen molar-refractivity contribution >= 4 is 5.97 Å². The number of carbonyl (C=O) groups is 1. The van der Waals surface area contributed by atoms with Gasteiger partial charge in [-0.15, -0.1) is 0 Å². The summed E-state index contributed by atoms with van der Waals surface area (Å²) in [5, 5.41) is 0. The summed E-state index contributed by atoms with van der Waals surface area (Å²) in [6.07, 6.45) is 0. The fourth-order valence-electron chi connectivity index (χ4n) is 1.74. The molecule has 0 amide bonds. The lowest BCUT2D eigenvalue weighted by Crippen LogP contribution is -2.39. The van der Waals surface area contributed by atoms with Crippen LogP contribution in [0.1, 0.15) is 12.5 Å². The first kappa shape index (κ1) is 13.5. The van der Waals surface area contributed by atoms with Crippen LogP contribution in [0.25, 0.3) is 0 Å². The highest BCUT2D eigenvalue weighted by Gasteiger charge is 2.39. The molecule has 1 rings (SSSR count). The van der Waals surface area contributed by atoms with Gasteiger partial charge in [0.1, 0.15) is 11.2 Å². The highest BCUT2D eigenvalue weighted by molar-refractivity contribution is 5.83. The number of ether oxygens (including phenoxy) is 2. The lowest BCUT2D eigenvalue weighted by molar-refractivity contribution is -0.149. The second kappa shape index (κ2) is 5.65. The van der Waals surface area contributed by atoms with Crippen LogP contribution in [0.2, 0.25) is 0 Å². The Labute approximate surface area is 100 Å². The van der Waals surface area contributed by atoms with E-state index in [0.717, 1.165) is 0 Å². The fourth-order valence-corrected chi connectivity index (χ4v) is 1.74. The predicted octanol–water partition coefficient (Wildman–Crippen LogP) is 1.02. The van der Waals surface area contributed by atoms with Gasteiger partial charge >= 0.3 is 5.97 Å². The molecule has 5 nitrogen and oxygen atoms in total. The summed E-state index contributed by atoms with van der Waals surface area (Å²) >= 11 is 0. The van der Waals surface area contributed by atoms with E-state index in [9.17, 15) is 4.79 Å². The molecule has 0 fully saturated rings. The predicted molar refractivity (Wildman–Crippen MR) is 62.5 cm³/mol. The molecule has 0 heterocycles. The summed E-state index contributed by atoms with van der Waals surface area (Å²) in [4.78, 5) is 16.5. The van der Waals surface area contributed by atoms with Crippen LogP contribution in [-0.2, 0) is 19.8 Å². The second-order valence-electron chi connectivity index (χ2n) is 3.83. The van der Waals surface area contributed by atoms with E-state index in [-0.39, 0.29) is 6.61 Å². The zero-order chi connectivity index (χ0) is 12.9. The Kier molecular flexibility index (Phi) is 4.48. The Hall–Kier alpha value is -1.59. The van der Waals surface area contributed by atoms with E-state index in [4.69, 9.17) is 15.4 Å². The number of carbonyl (C=O) groups excluding carboxylic acids is 1. The summed E-state index contributed by atoms with van der Waals surface area (Å²) in [6, 6.07) is 7.20. The fraction of sp³-hybridized carbons (Fsp3) is 0.417.